The number of piperidine rings is 1. The largest absolute Gasteiger partial charge is 0.490 e. The maximum absolute atomic E-state index is 14.0. The Kier molecular flexibility index (Phi) is 6.76. The summed E-state index contributed by atoms with van der Waals surface area (Å²) in [6.45, 7) is 2.22. The first-order valence-electron chi connectivity index (χ1n) is 9.13. The number of carbonyl (C=O) groups excluding carboxylic acids is 1. The molecule has 0 aromatic heterocycles. The second kappa shape index (κ2) is 9.46. The van der Waals surface area contributed by atoms with Gasteiger partial charge in [-0.25, -0.2) is 4.39 Å². The minimum atomic E-state index is -0.989. The molecule has 6 heteroatoms. The molecule has 2 aromatic rings. The highest BCUT2D eigenvalue weighted by molar-refractivity contribution is 5.81. The lowest BCUT2D eigenvalue weighted by atomic mass is 10.1. The van der Waals surface area contributed by atoms with E-state index in [-0.39, 0.29) is 18.1 Å². The maximum atomic E-state index is 14.0. The first-order valence-corrected chi connectivity index (χ1v) is 9.13. The first-order chi connectivity index (χ1) is 13.1. The van der Waals surface area contributed by atoms with Gasteiger partial charge < -0.3 is 14.4 Å². The summed E-state index contributed by atoms with van der Waals surface area (Å²) in [4.78, 5) is 13.2. The third kappa shape index (κ3) is 5.50. The smallest absolute Gasteiger partial charge is 0.200 e. The Balaban J connectivity index is 1.48. The SMILES string of the molecule is O=C1CCN(c2cc(F)c(F)c(OCCCOCc3ccccc3)c2)CC1. The predicted molar refractivity (Wildman–Crippen MR) is 99.0 cm³/mol. The zero-order valence-electron chi connectivity index (χ0n) is 15.1. The Hall–Kier alpha value is -2.47. The number of ether oxygens (including phenoxy) is 2. The van der Waals surface area contributed by atoms with Crippen molar-refractivity contribution in [2.45, 2.75) is 25.9 Å². The summed E-state index contributed by atoms with van der Waals surface area (Å²) >= 11 is 0. The van der Waals surface area contributed by atoms with Gasteiger partial charge in [0.05, 0.1) is 19.8 Å². The van der Waals surface area contributed by atoms with Crippen molar-refractivity contribution < 1.29 is 23.0 Å². The standard InChI is InChI=1S/C21H23F2NO3/c22-19-13-17(24-9-7-18(25)8-10-24)14-20(21(19)23)27-12-4-11-26-15-16-5-2-1-3-6-16/h1-3,5-6,13-14H,4,7-12,15H2. The lowest BCUT2D eigenvalue weighted by Gasteiger charge is -2.28. The van der Waals surface area contributed by atoms with Crippen LogP contribution in [-0.2, 0) is 16.1 Å². The van der Waals surface area contributed by atoms with E-state index in [0.29, 0.717) is 51.3 Å². The van der Waals surface area contributed by atoms with Crippen molar-refractivity contribution in [3.8, 4) is 5.75 Å². The molecule has 0 atom stereocenters. The third-order valence-corrected chi connectivity index (χ3v) is 4.47. The van der Waals surface area contributed by atoms with Crippen LogP contribution in [0.15, 0.2) is 42.5 Å². The van der Waals surface area contributed by atoms with Gasteiger partial charge in [0.1, 0.15) is 5.78 Å². The van der Waals surface area contributed by atoms with Gasteiger partial charge in [0, 0.05) is 50.2 Å². The molecule has 27 heavy (non-hydrogen) atoms. The van der Waals surface area contributed by atoms with Gasteiger partial charge in [0.15, 0.2) is 11.6 Å². The van der Waals surface area contributed by atoms with E-state index in [0.717, 1.165) is 11.6 Å². The molecular formula is C21H23F2NO3. The van der Waals surface area contributed by atoms with Gasteiger partial charge in [0.2, 0.25) is 5.82 Å². The number of benzene rings is 2. The van der Waals surface area contributed by atoms with E-state index in [2.05, 4.69) is 0 Å². The fourth-order valence-electron chi connectivity index (χ4n) is 2.96. The highest BCUT2D eigenvalue weighted by atomic mass is 19.2. The summed E-state index contributed by atoms with van der Waals surface area (Å²) in [5.41, 5.74) is 1.62. The monoisotopic (exact) mass is 375 g/mol. The fourth-order valence-corrected chi connectivity index (χ4v) is 2.96. The third-order valence-electron chi connectivity index (χ3n) is 4.47. The molecule has 1 aliphatic rings. The van der Waals surface area contributed by atoms with E-state index in [1.54, 1.807) is 0 Å². The molecule has 1 aliphatic heterocycles. The summed E-state index contributed by atoms with van der Waals surface area (Å²) < 4.78 is 38.9. The zero-order valence-corrected chi connectivity index (χ0v) is 15.1. The van der Waals surface area contributed by atoms with Crippen molar-refractivity contribution in [3.05, 3.63) is 59.7 Å². The Morgan fingerprint density at radius 1 is 1.00 bits per heavy atom. The molecule has 0 amide bonds. The van der Waals surface area contributed by atoms with Crippen LogP contribution in [0.4, 0.5) is 14.5 Å². The maximum Gasteiger partial charge on any atom is 0.200 e. The minimum Gasteiger partial charge on any atom is -0.490 e. The van der Waals surface area contributed by atoms with Crippen LogP contribution in [0, 0.1) is 11.6 Å². The summed E-state index contributed by atoms with van der Waals surface area (Å²) in [7, 11) is 0. The second-order valence-corrected chi connectivity index (χ2v) is 6.51. The van der Waals surface area contributed by atoms with Crippen molar-refractivity contribution in [2.24, 2.45) is 0 Å². The highest BCUT2D eigenvalue weighted by Crippen LogP contribution is 2.29. The van der Waals surface area contributed by atoms with Crippen molar-refractivity contribution in [1.29, 1.82) is 0 Å². The number of Topliss-reactive ketones (excluding diaryl/α,β-unsaturated/α-hetero) is 1. The molecule has 0 bridgehead atoms. The molecule has 144 valence electrons. The zero-order chi connectivity index (χ0) is 19.1. The Labute approximate surface area is 157 Å². The molecule has 0 aliphatic carbocycles. The number of rotatable bonds is 8. The minimum absolute atomic E-state index is 0.107. The molecule has 0 N–H and O–H groups in total. The number of hydrogen-bond donors (Lipinski definition) is 0. The summed E-state index contributed by atoms with van der Waals surface area (Å²) in [6.07, 6.45) is 1.41. The number of hydrogen-bond acceptors (Lipinski definition) is 4. The molecule has 1 fully saturated rings. The topological polar surface area (TPSA) is 38.8 Å². The number of anilines is 1. The average Bonchev–Trinajstić information content (AvgIpc) is 2.69. The van der Waals surface area contributed by atoms with Crippen LogP contribution in [0.25, 0.3) is 0 Å². The lowest BCUT2D eigenvalue weighted by molar-refractivity contribution is -0.119. The number of ketones is 1. The fraction of sp³-hybridized carbons (Fsp3) is 0.381. The van der Waals surface area contributed by atoms with E-state index >= 15 is 0 Å². The quantitative estimate of drug-likeness (QED) is 0.651. The van der Waals surface area contributed by atoms with E-state index < -0.39 is 11.6 Å². The molecule has 2 aromatic carbocycles. The van der Waals surface area contributed by atoms with Gasteiger partial charge in [-0.05, 0) is 5.56 Å². The van der Waals surface area contributed by atoms with E-state index in [4.69, 9.17) is 9.47 Å². The van der Waals surface area contributed by atoms with Crippen molar-refractivity contribution in [1.82, 2.24) is 0 Å². The highest BCUT2D eigenvalue weighted by Gasteiger charge is 2.20. The van der Waals surface area contributed by atoms with Crippen LogP contribution < -0.4 is 9.64 Å². The van der Waals surface area contributed by atoms with Crippen molar-refractivity contribution in [2.75, 3.05) is 31.2 Å². The normalized spacial score (nSPS) is 14.4. The second-order valence-electron chi connectivity index (χ2n) is 6.51. The molecular weight excluding hydrogens is 352 g/mol. The van der Waals surface area contributed by atoms with Crippen molar-refractivity contribution in [3.63, 3.8) is 0 Å². The van der Waals surface area contributed by atoms with Crippen LogP contribution in [0.3, 0.4) is 0 Å². The summed E-state index contributed by atoms with van der Waals surface area (Å²) in [5.74, 6) is -1.84. The number of halogens is 2. The van der Waals surface area contributed by atoms with Gasteiger partial charge >= 0.3 is 0 Å². The number of carbonyl (C=O) groups is 1. The van der Waals surface area contributed by atoms with Crippen LogP contribution in [0.5, 0.6) is 5.75 Å². The predicted octanol–water partition coefficient (Wildman–Crippen LogP) is 4.12. The van der Waals surface area contributed by atoms with Gasteiger partial charge in [-0.3, -0.25) is 4.79 Å². The Morgan fingerprint density at radius 3 is 2.48 bits per heavy atom. The molecule has 3 rings (SSSR count). The first kappa shape index (κ1) is 19.3. The van der Waals surface area contributed by atoms with Gasteiger partial charge in [0.25, 0.3) is 0 Å². The van der Waals surface area contributed by atoms with Crippen LogP contribution in [0.1, 0.15) is 24.8 Å². The molecule has 0 saturated carbocycles. The number of nitrogens with zero attached hydrogens (tertiary/aromatic N) is 1. The summed E-state index contributed by atoms with van der Waals surface area (Å²) in [5, 5.41) is 0. The molecule has 0 spiro atoms. The summed E-state index contributed by atoms with van der Waals surface area (Å²) in [6, 6.07) is 12.5. The van der Waals surface area contributed by atoms with Crippen LogP contribution in [0.2, 0.25) is 0 Å². The lowest BCUT2D eigenvalue weighted by Crippen LogP contribution is -2.33. The Bertz CT molecular complexity index is 758. The van der Waals surface area contributed by atoms with Crippen LogP contribution >= 0.6 is 0 Å². The van der Waals surface area contributed by atoms with Crippen molar-refractivity contribution >= 4 is 11.5 Å². The molecule has 4 nitrogen and oxygen atoms in total. The Morgan fingerprint density at radius 2 is 1.74 bits per heavy atom. The van der Waals surface area contributed by atoms with Crippen LogP contribution in [-0.4, -0.2) is 32.1 Å². The van der Waals surface area contributed by atoms with E-state index in [1.165, 1.54) is 6.07 Å². The van der Waals surface area contributed by atoms with Gasteiger partial charge in [-0.2, -0.15) is 4.39 Å². The van der Waals surface area contributed by atoms with Gasteiger partial charge in [-0.15, -0.1) is 0 Å². The van der Waals surface area contributed by atoms with E-state index in [1.807, 2.05) is 35.2 Å². The molecule has 0 unspecified atom stereocenters. The average molecular weight is 375 g/mol. The van der Waals surface area contributed by atoms with Gasteiger partial charge in [-0.1, -0.05) is 30.3 Å². The molecule has 1 heterocycles. The van der Waals surface area contributed by atoms with E-state index in [9.17, 15) is 13.6 Å². The molecule has 1 saturated heterocycles. The molecule has 0 radical (unpaired) electrons.